The summed E-state index contributed by atoms with van der Waals surface area (Å²) in [6, 6.07) is 16.4. The van der Waals surface area contributed by atoms with Crippen LogP contribution >= 0.6 is 0 Å². The number of nitrogens with zero attached hydrogens (tertiary/aromatic N) is 1. The van der Waals surface area contributed by atoms with Gasteiger partial charge in [0, 0.05) is 25.6 Å². The first kappa shape index (κ1) is 23.8. The molecule has 0 radical (unpaired) electrons. The number of fused-ring (bicyclic) bond motifs is 3. The average Bonchev–Trinajstić information content (AvgIpc) is 3.18. The summed E-state index contributed by atoms with van der Waals surface area (Å²) in [5, 5.41) is 11.7. The summed E-state index contributed by atoms with van der Waals surface area (Å²) >= 11 is 0. The Labute approximate surface area is 198 Å². The van der Waals surface area contributed by atoms with Gasteiger partial charge in [-0.25, -0.2) is 4.79 Å². The molecular formula is C26H30N2O6. The number of piperidine rings is 1. The number of alkyl carbamates (subject to hydrolysis) is 1. The number of carbonyl (C=O) groups excluding carboxylic acids is 2. The van der Waals surface area contributed by atoms with Crippen LogP contribution in [0.4, 0.5) is 4.79 Å². The fraction of sp³-hybridized carbons (Fsp3) is 0.423. The summed E-state index contributed by atoms with van der Waals surface area (Å²) in [5.41, 5.74) is 4.69. The van der Waals surface area contributed by atoms with E-state index in [2.05, 4.69) is 29.6 Å². The molecule has 0 unspecified atom stereocenters. The number of carbonyl (C=O) groups is 3. The Morgan fingerprint density at radius 3 is 2.18 bits per heavy atom. The smallest absolute Gasteiger partial charge is 0.407 e. The second kappa shape index (κ2) is 11.2. The highest BCUT2D eigenvalue weighted by Gasteiger charge is 2.29. The molecular weight excluding hydrogens is 436 g/mol. The number of hydrogen-bond donors (Lipinski definition) is 2. The number of ether oxygens (including phenoxy) is 2. The number of carboxylic acids is 1. The monoisotopic (exact) mass is 466 g/mol. The molecule has 8 nitrogen and oxygen atoms in total. The largest absolute Gasteiger partial charge is 0.481 e. The average molecular weight is 467 g/mol. The van der Waals surface area contributed by atoms with Gasteiger partial charge in [0.05, 0.1) is 25.6 Å². The van der Waals surface area contributed by atoms with Crippen LogP contribution in [0.5, 0.6) is 0 Å². The Hall–Kier alpha value is -3.39. The minimum atomic E-state index is -0.792. The molecule has 0 saturated carbocycles. The number of benzene rings is 2. The Balaban J connectivity index is 1.11. The molecule has 0 atom stereocenters. The normalized spacial score (nSPS) is 15.5. The van der Waals surface area contributed by atoms with Gasteiger partial charge < -0.3 is 24.8 Å². The van der Waals surface area contributed by atoms with E-state index in [1.807, 2.05) is 24.3 Å². The zero-order chi connectivity index (χ0) is 23.9. The van der Waals surface area contributed by atoms with E-state index >= 15 is 0 Å². The highest BCUT2D eigenvalue weighted by molar-refractivity contribution is 5.79. The van der Waals surface area contributed by atoms with Crippen LogP contribution in [0.3, 0.4) is 0 Å². The fourth-order valence-electron chi connectivity index (χ4n) is 4.67. The van der Waals surface area contributed by atoms with Gasteiger partial charge in [0.1, 0.15) is 6.61 Å². The van der Waals surface area contributed by atoms with E-state index in [0.717, 1.165) is 11.1 Å². The Bertz CT molecular complexity index is 986. The van der Waals surface area contributed by atoms with Gasteiger partial charge in [-0.1, -0.05) is 48.5 Å². The summed E-state index contributed by atoms with van der Waals surface area (Å²) in [4.78, 5) is 37.1. The molecule has 2 aromatic carbocycles. The third-order valence-corrected chi connectivity index (χ3v) is 6.52. The molecule has 1 saturated heterocycles. The lowest BCUT2D eigenvalue weighted by atomic mass is 9.97. The molecule has 8 heteroatoms. The Morgan fingerprint density at radius 2 is 1.56 bits per heavy atom. The van der Waals surface area contributed by atoms with Crippen molar-refractivity contribution in [3.8, 4) is 11.1 Å². The van der Waals surface area contributed by atoms with Crippen molar-refractivity contribution in [1.29, 1.82) is 0 Å². The standard InChI is InChI=1S/C26H30N2O6/c29-24(28-13-9-18(10-14-28)25(30)31)11-15-33-16-12-27-26(32)34-17-23-21-7-3-1-5-19(21)20-6-2-4-8-22(20)23/h1-8,18,23H,9-17H2,(H,27,32)(H,30,31). The third-order valence-electron chi connectivity index (χ3n) is 6.52. The highest BCUT2D eigenvalue weighted by atomic mass is 16.5. The lowest BCUT2D eigenvalue weighted by Crippen LogP contribution is -2.40. The number of nitrogens with one attached hydrogen (secondary N) is 1. The van der Waals surface area contributed by atoms with Gasteiger partial charge >= 0.3 is 12.1 Å². The molecule has 2 aliphatic rings. The van der Waals surface area contributed by atoms with E-state index in [4.69, 9.17) is 14.6 Å². The molecule has 1 heterocycles. The first-order valence-electron chi connectivity index (χ1n) is 11.7. The first-order chi connectivity index (χ1) is 16.5. The van der Waals surface area contributed by atoms with Crippen molar-refractivity contribution in [3.63, 3.8) is 0 Å². The van der Waals surface area contributed by atoms with Gasteiger partial charge in [-0.05, 0) is 35.1 Å². The van der Waals surface area contributed by atoms with E-state index in [1.54, 1.807) is 4.90 Å². The predicted octanol–water partition coefficient (Wildman–Crippen LogP) is 3.26. The van der Waals surface area contributed by atoms with Crippen LogP contribution in [0.25, 0.3) is 11.1 Å². The summed E-state index contributed by atoms with van der Waals surface area (Å²) in [7, 11) is 0. The molecule has 2 N–H and O–H groups in total. The maximum absolute atomic E-state index is 12.2. The summed E-state index contributed by atoms with van der Waals surface area (Å²) < 4.78 is 10.9. The second-order valence-electron chi connectivity index (χ2n) is 8.61. The first-order valence-corrected chi connectivity index (χ1v) is 11.7. The van der Waals surface area contributed by atoms with Gasteiger partial charge in [-0.3, -0.25) is 9.59 Å². The number of carboxylic acid groups (broad SMARTS) is 1. The van der Waals surface area contributed by atoms with E-state index in [1.165, 1.54) is 11.1 Å². The van der Waals surface area contributed by atoms with Crippen molar-refractivity contribution in [2.75, 3.05) is 39.5 Å². The second-order valence-corrected chi connectivity index (χ2v) is 8.61. The lowest BCUT2D eigenvalue weighted by Gasteiger charge is -2.30. The zero-order valence-electron chi connectivity index (χ0n) is 19.1. The molecule has 2 amide bonds. The number of hydrogen-bond acceptors (Lipinski definition) is 5. The van der Waals surface area contributed by atoms with Crippen LogP contribution in [0, 0.1) is 5.92 Å². The van der Waals surface area contributed by atoms with Crippen molar-refractivity contribution in [2.45, 2.75) is 25.2 Å². The van der Waals surface area contributed by atoms with Gasteiger partial charge in [0.2, 0.25) is 5.91 Å². The quantitative estimate of drug-likeness (QED) is 0.550. The molecule has 1 aliphatic heterocycles. The van der Waals surface area contributed by atoms with Gasteiger partial charge in [-0.2, -0.15) is 0 Å². The van der Waals surface area contributed by atoms with Crippen LogP contribution in [-0.2, 0) is 19.1 Å². The molecule has 4 rings (SSSR count). The van der Waals surface area contributed by atoms with E-state index in [9.17, 15) is 14.4 Å². The van der Waals surface area contributed by atoms with Crippen molar-refractivity contribution in [3.05, 3.63) is 59.7 Å². The van der Waals surface area contributed by atoms with E-state index in [-0.39, 0.29) is 50.5 Å². The SMILES string of the molecule is O=C(NCCOCCC(=O)N1CCC(C(=O)O)CC1)OCC1c2ccccc2-c2ccccc21. The van der Waals surface area contributed by atoms with E-state index in [0.29, 0.717) is 25.9 Å². The molecule has 180 valence electrons. The molecule has 34 heavy (non-hydrogen) atoms. The Morgan fingerprint density at radius 1 is 0.941 bits per heavy atom. The summed E-state index contributed by atoms with van der Waals surface area (Å²) in [6.45, 7) is 2.02. The predicted molar refractivity (Wildman–Crippen MR) is 125 cm³/mol. The maximum Gasteiger partial charge on any atom is 0.407 e. The van der Waals surface area contributed by atoms with Crippen LogP contribution < -0.4 is 5.32 Å². The number of rotatable bonds is 9. The minimum Gasteiger partial charge on any atom is -0.481 e. The fourth-order valence-corrected chi connectivity index (χ4v) is 4.67. The molecule has 2 aromatic rings. The highest BCUT2D eigenvalue weighted by Crippen LogP contribution is 2.44. The van der Waals surface area contributed by atoms with Crippen molar-refractivity contribution < 1.29 is 29.0 Å². The van der Waals surface area contributed by atoms with Crippen LogP contribution in [0.15, 0.2) is 48.5 Å². The third kappa shape index (κ3) is 5.56. The zero-order valence-corrected chi connectivity index (χ0v) is 19.1. The number of aliphatic carboxylic acids is 1. The van der Waals surface area contributed by atoms with Gasteiger partial charge in [-0.15, -0.1) is 0 Å². The van der Waals surface area contributed by atoms with Gasteiger partial charge in [0.25, 0.3) is 0 Å². The van der Waals surface area contributed by atoms with Crippen LogP contribution in [-0.4, -0.2) is 67.4 Å². The molecule has 1 fully saturated rings. The maximum atomic E-state index is 12.2. The van der Waals surface area contributed by atoms with E-state index < -0.39 is 12.1 Å². The van der Waals surface area contributed by atoms with Crippen LogP contribution in [0.1, 0.15) is 36.3 Å². The van der Waals surface area contributed by atoms with Crippen molar-refractivity contribution in [2.24, 2.45) is 5.92 Å². The minimum absolute atomic E-state index is 0.0148. The van der Waals surface area contributed by atoms with Gasteiger partial charge in [0.15, 0.2) is 0 Å². The van der Waals surface area contributed by atoms with Crippen LogP contribution in [0.2, 0.25) is 0 Å². The summed E-state index contributed by atoms with van der Waals surface area (Å²) in [5.74, 6) is -1.17. The summed E-state index contributed by atoms with van der Waals surface area (Å²) in [6.07, 6.45) is 0.726. The molecule has 1 aliphatic carbocycles. The molecule has 0 aromatic heterocycles. The lowest BCUT2D eigenvalue weighted by molar-refractivity contribution is -0.146. The molecule has 0 spiro atoms. The number of likely N-dealkylation sites (tertiary alicyclic amines) is 1. The van der Waals surface area contributed by atoms with Crippen molar-refractivity contribution >= 4 is 18.0 Å². The molecule has 0 bridgehead atoms. The number of amides is 2. The topological polar surface area (TPSA) is 105 Å². The Kier molecular flexibility index (Phi) is 7.80. The van der Waals surface area contributed by atoms with Crippen molar-refractivity contribution in [1.82, 2.24) is 10.2 Å².